The molecular formula is C16H28N2O. The molecule has 3 nitrogen and oxygen atoms in total. The maximum Gasteiger partial charge on any atom is 0.122 e. The third-order valence-electron chi connectivity index (χ3n) is 3.61. The second-order valence-electron chi connectivity index (χ2n) is 5.52. The summed E-state index contributed by atoms with van der Waals surface area (Å²) < 4.78 is 5.42. The van der Waals surface area contributed by atoms with Crippen LogP contribution >= 0.6 is 0 Å². The summed E-state index contributed by atoms with van der Waals surface area (Å²) in [5, 5.41) is 3.46. The van der Waals surface area contributed by atoms with E-state index in [4.69, 9.17) is 4.74 Å². The normalized spacial score (nSPS) is 10.9. The van der Waals surface area contributed by atoms with E-state index < -0.39 is 0 Å². The molecule has 0 saturated carbocycles. The van der Waals surface area contributed by atoms with Crippen molar-refractivity contribution in [2.24, 2.45) is 0 Å². The second kappa shape index (κ2) is 6.80. The van der Waals surface area contributed by atoms with Crippen LogP contribution in [0.1, 0.15) is 30.5 Å². The molecule has 0 unspecified atom stereocenters. The number of hydrogen-bond acceptors (Lipinski definition) is 3. The van der Waals surface area contributed by atoms with Crippen molar-refractivity contribution in [1.82, 2.24) is 5.32 Å². The lowest BCUT2D eigenvalue weighted by atomic mass is 10.0. The maximum absolute atomic E-state index is 5.42. The van der Waals surface area contributed by atoms with Gasteiger partial charge in [-0.25, -0.2) is 0 Å². The lowest BCUT2D eigenvalue weighted by Gasteiger charge is -2.26. The number of benzene rings is 1. The van der Waals surface area contributed by atoms with E-state index in [0.29, 0.717) is 6.04 Å². The number of aryl methyl sites for hydroxylation is 1. The van der Waals surface area contributed by atoms with Gasteiger partial charge in [-0.1, -0.05) is 13.8 Å². The average molecular weight is 264 g/mol. The highest BCUT2D eigenvalue weighted by atomic mass is 16.5. The summed E-state index contributed by atoms with van der Waals surface area (Å²) in [7, 11) is 3.89. The van der Waals surface area contributed by atoms with Crippen LogP contribution in [0.5, 0.6) is 5.75 Å². The number of nitrogens with one attached hydrogen (secondary N) is 1. The van der Waals surface area contributed by atoms with Gasteiger partial charge in [-0.15, -0.1) is 0 Å². The van der Waals surface area contributed by atoms with Crippen molar-refractivity contribution in [3.8, 4) is 5.75 Å². The Bertz CT molecular complexity index is 427. The van der Waals surface area contributed by atoms with Gasteiger partial charge in [0.1, 0.15) is 5.75 Å². The van der Waals surface area contributed by atoms with E-state index in [1.54, 1.807) is 7.11 Å². The summed E-state index contributed by atoms with van der Waals surface area (Å²) in [4.78, 5) is 2.33. The Morgan fingerprint density at radius 3 is 2.37 bits per heavy atom. The van der Waals surface area contributed by atoms with Crippen LogP contribution in [0.15, 0.2) is 6.07 Å². The highest BCUT2D eigenvalue weighted by Gasteiger charge is 2.13. The fraction of sp³-hybridized carbons (Fsp3) is 0.625. The van der Waals surface area contributed by atoms with E-state index in [2.05, 4.69) is 57.9 Å². The Morgan fingerprint density at radius 2 is 1.84 bits per heavy atom. The summed E-state index contributed by atoms with van der Waals surface area (Å²) in [5.41, 5.74) is 5.13. The Balaban J connectivity index is 2.91. The fourth-order valence-corrected chi connectivity index (χ4v) is 2.46. The first-order valence-electron chi connectivity index (χ1n) is 6.97. The summed E-state index contributed by atoms with van der Waals surface area (Å²) in [6.45, 7) is 12.8. The van der Waals surface area contributed by atoms with Gasteiger partial charge in [-0.05, 0) is 43.5 Å². The SMILES string of the molecule is COc1cc(C)c(N(C)CCNC(C)C)c(C)c1C. The van der Waals surface area contributed by atoms with Crippen LogP contribution in [0, 0.1) is 20.8 Å². The Morgan fingerprint density at radius 1 is 1.21 bits per heavy atom. The predicted octanol–water partition coefficient (Wildman–Crippen LogP) is 3.05. The molecule has 1 rings (SSSR count). The lowest BCUT2D eigenvalue weighted by molar-refractivity contribution is 0.411. The van der Waals surface area contributed by atoms with Crippen LogP contribution < -0.4 is 15.0 Å². The van der Waals surface area contributed by atoms with Crippen molar-refractivity contribution in [2.75, 3.05) is 32.1 Å². The van der Waals surface area contributed by atoms with E-state index in [1.807, 2.05) is 0 Å². The van der Waals surface area contributed by atoms with Crippen LogP contribution in [0.4, 0.5) is 5.69 Å². The molecule has 0 spiro atoms. The van der Waals surface area contributed by atoms with Gasteiger partial charge in [0.2, 0.25) is 0 Å². The van der Waals surface area contributed by atoms with Gasteiger partial charge in [0.15, 0.2) is 0 Å². The predicted molar refractivity (Wildman–Crippen MR) is 83.6 cm³/mol. The Kier molecular flexibility index (Phi) is 5.67. The molecule has 108 valence electrons. The molecule has 0 aliphatic heterocycles. The number of methoxy groups -OCH3 is 1. The average Bonchev–Trinajstić information content (AvgIpc) is 2.33. The van der Waals surface area contributed by atoms with Crippen molar-refractivity contribution in [2.45, 2.75) is 40.7 Å². The van der Waals surface area contributed by atoms with Crippen LogP contribution in [0.2, 0.25) is 0 Å². The molecule has 0 aliphatic carbocycles. The van der Waals surface area contributed by atoms with E-state index >= 15 is 0 Å². The highest BCUT2D eigenvalue weighted by molar-refractivity contribution is 5.64. The number of likely N-dealkylation sites (N-methyl/N-ethyl adjacent to an activating group) is 1. The number of hydrogen-bond donors (Lipinski definition) is 1. The zero-order valence-electron chi connectivity index (χ0n) is 13.4. The Labute approximate surface area is 118 Å². The minimum absolute atomic E-state index is 0.535. The van der Waals surface area contributed by atoms with Crippen LogP contribution in [0.3, 0.4) is 0 Å². The Hall–Kier alpha value is -1.22. The lowest BCUT2D eigenvalue weighted by Crippen LogP contribution is -2.33. The van der Waals surface area contributed by atoms with Gasteiger partial charge in [-0.2, -0.15) is 0 Å². The van der Waals surface area contributed by atoms with Gasteiger partial charge < -0.3 is 15.0 Å². The molecular weight excluding hydrogens is 236 g/mol. The number of anilines is 1. The third-order valence-corrected chi connectivity index (χ3v) is 3.61. The van der Waals surface area contributed by atoms with Gasteiger partial charge in [0, 0.05) is 31.9 Å². The first kappa shape index (κ1) is 15.8. The van der Waals surface area contributed by atoms with E-state index in [9.17, 15) is 0 Å². The third kappa shape index (κ3) is 3.87. The molecule has 0 amide bonds. The zero-order chi connectivity index (χ0) is 14.6. The van der Waals surface area contributed by atoms with Crippen LogP contribution in [-0.2, 0) is 0 Å². The molecule has 0 heterocycles. The molecule has 0 saturated heterocycles. The smallest absolute Gasteiger partial charge is 0.122 e. The first-order valence-corrected chi connectivity index (χ1v) is 6.97. The minimum Gasteiger partial charge on any atom is -0.496 e. The summed E-state index contributed by atoms with van der Waals surface area (Å²) in [5.74, 6) is 0.979. The standard InChI is InChI=1S/C16H28N2O/c1-11(2)17-8-9-18(6)16-12(3)10-15(19-7)13(4)14(16)5/h10-11,17H,8-9H2,1-7H3. The quantitative estimate of drug-likeness (QED) is 0.854. The monoisotopic (exact) mass is 264 g/mol. The molecule has 3 heteroatoms. The van der Waals surface area contributed by atoms with E-state index in [-0.39, 0.29) is 0 Å². The molecule has 0 bridgehead atoms. The largest absolute Gasteiger partial charge is 0.496 e. The first-order chi connectivity index (χ1) is 8.88. The molecule has 0 atom stereocenters. The van der Waals surface area contributed by atoms with Crippen molar-refractivity contribution in [1.29, 1.82) is 0 Å². The van der Waals surface area contributed by atoms with Crippen molar-refractivity contribution in [3.05, 3.63) is 22.8 Å². The number of ether oxygens (including phenoxy) is 1. The summed E-state index contributed by atoms with van der Waals surface area (Å²) in [6.07, 6.45) is 0. The van der Waals surface area contributed by atoms with Gasteiger partial charge in [0.05, 0.1) is 7.11 Å². The minimum atomic E-state index is 0.535. The molecule has 0 radical (unpaired) electrons. The van der Waals surface area contributed by atoms with Crippen LogP contribution in [0.25, 0.3) is 0 Å². The molecule has 0 fully saturated rings. The summed E-state index contributed by atoms with van der Waals surface area (Å²) in [6, 6.07) is 2.66. The molecule has 0 aliphatic rings. The molecule has 1 aromatic rings. The van der Waals surface area contributed by atoms with Crippen molar-refractivity contribution >= 4 is 5.69 Å². The maximum atomic E-state index is 5.42. The highest BCUT2D eigenvalue weighted by Crippen LogP contribution is 2.32. The number of nitrogens with zero attached hydrogens (tertiary/aromatic N) is 1. The summed E-state index contributed by atoms with van der Waals surface area (Å²) >= 11 is 0. The van der Waals surface area contributed by atoms with Crippen molar-refractivity contribution in [3.63, 3.8) is 0 Å². The molecule has 19 heavy (non-hydrogen) atoms. The number of rotatable bonds is 6. The second-order valence-corrected chi connectivity index (χ2v) is 5.52. The molecule has 0 aromatic heterocycles. The van der Waals surface area contributed by atoms with Gasteiger partial charge in [-0.3, -0.25) is 0 Å². The van der Waals surface area contributed by atoms with E-state index in [1.165, 1.54) is 22.4 Å². The van der Waals surface area contributed by atoms with Gasteiger partial charge >= 0.3 is 0 Å². The van der Waals surface area contributed by atoms with Gasteiger partial charge in [0.25, 0.3) is 0 Å². The van der Waals surface area contributed by atoms with E-state index in [0.717, 1.165) is 18.8 Å². The zero-order valence-corrected chi connectivity index (χ0v) is 13.4. The van der Waals surface area contributed by atoms with Crippen molar-refractivity contribution < 1.29 is 4.74 Å². The molecule has 1 aromatic carbocycles. The molecule has 1 N–H and O–H groups in total. The van der Waals surface area contributed by atoms with Crippen LogP contribution in [-0.4, -0.2) is 33.3 Å². The fourth-order valence-electron chi connectivity index (χ4n) is 2.46. The topological polar surface area (TPSA) is 24.5 Å².